The molecule has 0 spiro atoms. The predicted octanol–water partition coefficient (Wildman–Crippen LogP) is 2.81. The van der Waals surface area contributed by atoms with Gasteiger partial charge in [0.2, 0.25) is 0 Å². The summed E-state index contributed by atoms with van der Waals surface area (Å²) >= 11 is 2.07. The molecule has 0 aromatic carbocycles. The highest BCUT2D eigenvalue weighted by molar-refractivity contribution is 8.00. The van der Waals surface area contributed by atoms with Crippen molar-refractivity contribution in [2.24, 2.45) is 11.8 Å². The van der Waals surface area contributed by atoms with Gasteiger partial charge in [0.1, 0.15) is 11.9 Å². The highest BCUT2D eigenvalue weighted by Gasteiger charge is 2.62. The van der Waals surface area contributed by atoms with Crippen molar-refractivity contribution in [2.75, 3.05) is 0 Å². The lowest BCUT2D eigenvalue weighted by Gasteiger charge is -2.44. The van der Waals surface area contributed by atoms with Crippen LogP contribution in [0.2, 0.25) is 0 Å². The zero-order valence-electron chi connectivity index (χ0n) is 12.3. The Bertz CT molecular complexity index is 411. The van der Waals surface area contributed by atoms with Crippen molar-refractivity contribution in [1.82, 2.24) is 0 Å². The number of ketones is 1. The van der Waals surface area contributed by atoms with E-state index < -0.39 is 0 Å². The highest BCUT2D eigenvalue weighted by atomic mass is 32.2. The Kier molecular flexibility index (Phi) is 3.39. The van der Waals surface area contributed by atoms with Crippen molar-refractivity contribution in [3.63, 3.8) is 0 Å². The number of carbonyl (C=O) groups excluding carboxylic acids is 1. The Morgan fingerprint density at radius 3 is 2.80 bits per heavy atom. The molecule has 2 saturated heterocycles. The average molecular weight is 296 g/mol. The van der Waals surface area contributed by atoms with Crippen LogP contribution in [0, 0.1) is 11.8 Å². The molecule has 2 saturated carbocycles. The van der Waals surface area contributed by atoms with Crippen molar-refractivity contribution in [1.29, 1.82) is 0 Å². The van der Waals surface area contributed by atoms with E-state index in [0.29, 0.717) is 22.2 Å². The largest absolute Gasteiger partial charge is 0.373 e. The van der Waals surface area contributed by atoms with Crippen LogP contribution in [0.5, 0.6) is 0 Å². The van der Waals surface area contributed by atoms with Gasteiger partial charge in [0, 0.05) is 22.3 Å². The van der Waals surface area contributed by atoms with Crippen LogP contribution in [0.25, 0.3) is 0 Å². The summed E-state index contributed by atoms with van der Waals surface area (Å²) in [5.74, 6) is 1.04. The molecule has 0 bridgehead atoms. The van der Waals surface area contributed by atoms with Crippen LogP contribution in [0.15, 0.2) is 0 Å². The topological polar surface area (TPSA) is 38.8 Å². The van der Waals surface area contributed by atoms with Gasteiger partial charge in [0.05, 0.1) is 18.3 Å². The molecule has 0 aromatic rings. The Labute approximate surface area is 125 Å². The predicted molar refractivity (Wildman–Crippen MR) is 78.9 cm³/mol. The van der Waals surface area contributed by atoms with E-state index in [4.69, 9.17) is 9.47 Å². The van der Waals surface area contributed by atoms with Crippen molar-refractivity contribution in [3.8, 4) is 0 Å². The molecule has 4 heteroatoms. The first-order chi connectivity index (χ1) is 9.65. The molecule has 3 nitrogen and oxygen atoms in total. The van der Waals surface area contributed by atoms with Crippen molar-refractivity contribution >= 4 is 17.5 Å². The Hall–Kier alpha value is -0.0600. The van der Waals surface area contributed by atoms with Crippen molar-refractivity contribution in [2.45, 2.75) is 80.9 Å². The molecule has 4 fully saturated rings. The molecule has 0 aromatic heterocycles. The highest BCUT2D eigenvalue weighted by Crippen LogP contribution is 2.54. The average Bonchev–Trinajstić information content (AvgIpc) is 3.21. The standard InChI is InChI=1S/C16H24O3S/c1-8(2)18-11-7-10-13(17)9-5-3-4-6-12(9)20-16(10)15-14(11)19-15/h8-12,14-16H,3-7H2,1-2H3. The van der Waals surface area contributed by atoms with Crippen LogP contribution in [0.4, 0.5) is 0 Å². The SMILES string of the molecule is CC(C)OC1CC2C(=O)C3CCCCC3SC2C2OC12. The van der Waals surface area contributed by atoms with Crippen LogP contribution < -0.4 is 0 Å². The minimum absolute atomic E-state index is 0.144. The van der Waals surface area contributed by atoms with E-state index in [1.54, 1.807) is 0 Å². The number of epoxide rings is 1. The van der Waals surface area contributed by atoms with Crippen LogP contribution in [0.3, 0.4) is 0 Å². The normalized spacial score (nSPS) is 50.4. The summed E-state index contributed by atoms with van der Waals surface area (Å²) < 4.78 is 11.9. The monoisotopic (exact) mass is 296 g/mol. The minimum Gasteiger partial charge on any atom is -0.373 e. The maximum Gasteiger partial charge on any atom is 0.141 e. The van der Waals surface area contributed by atoms with Crippen molar-refractivity contribution < 1.29 is 14.3 Å². The number of hydrogen-bond acceptors (Lipinski definition) is 4. The molecule has 4 rings (SSSR count). The third-order valence-corrected chi connectivity index (χ3v) is 7.17. The van der Waals surface area contributed by atoms with Gasteiger partial charge in [0.15, 0.2) is 0 Å². The van der Waals surface area contributed by atoms with Crippen LogP contribution in [-0.4, -0.2) is 40.7 Å². The third-order valence-electron chi connectivity index (χ3n) is 5.35. The molecular weight excluding hydrogens is 272 g/mol. The molecule has 112 valence electrons. The van der Waals surface area contributed by atoms with E-state index in [2.05, 4.69) is 25.6 Å². The summed E-state index contributed by atoms with van der Waals surface area (Å²) in [6.45, 7) is 4.14. The zero-order valence-corrected chi connectivity index (χ0v) is 13.1. The zero-order chi connectivity index (χ0) is 13.9. The number of ether oxygens (including phenoxy) is 2. The van der Waals surface area contributed by atoms with Gasteiger partial charge in [-0.2, -0.15) is 11.8 Å². The van der Waals surface area contributed by atoms with E-state index in [1.807, 2.05) is 0 Å². The van der Waals surface area contributed by atoms with Gasteiger partial charge < -0.3 is 9.47 Å². The van der Waals surface area contributed by atoms with Gasteiger partial charge in [-0.25, -0.2) is 0 Å². The molecule has 0 radical (unpaired) electrons. The lowest BCUT2D eigenvalue weighted by Crippen LogP contribution is -2.51. The molecule has 20 heavy (non-hydrogen) atoms. The number of thioether (sulfide) groups is 1. The van der Waals surface area contributed by atoms with Gasteiger partial charge >= 0.3 is 0 Å². The summed E-state index contributed by atoms with van der Waals surface area (Å²) in [6.07, 6.45) is 6.68. The lowest BCUT2D eigenvalue weighted by atomic mass is 9.74. The van der Waals surface area contributed by atoms with Gasteiger partial charge in [-0.1, -0.05) is 12.8 Å². The third kappa shape index (κ3) is 2.15. The van der Waals surface area contributed by atoms with E-state index in [-0.39, 0.29) is 30.3 Å². The van der Waals surface area contributed by atoms with E-state index in [9.17, 15) is 4.79 Å². The number of fused-ring (bicyclic) bond motifs is 4. The molecule has 2 aliphatic carbocycles. The summed E-state index contributed by atoms with van der Waals surface area (Å²) in [6, 6.07) is 0. The Morgan fingerprint density at radius 2 is 2.00 bits per heavy atom. The van der Waals surface area contributed by atoms with Gasteiger partial charge in [-0.05, 0) is 33.1 Å². The number of hydrogen-bond donors (Lipinski definition) is 0. The molecule has 2 heterocycles. The van der Waals surface area contributed by atoms with Crippen LogP contribution in [0.1, 0.15) is 46.0 Å². The van der Waals surface area contributed by atoms with Crippen molar-refractivity contribution in [3.05, 3.63) is 0 Å². The second-order valence-corrected chi connectivity index (χ2v) is 8.49. The molecule has 4 aliphatic rings. The molecule has 7 unspecified atom stereocenters. The summed E-state index contributed by atoms with van der Waals surface area (Å²) in [5, 5.41) is 0.990. The fourth-order valence-electron chi connectivity index (χ4n) is 4.44. The first kappa shape index (κ1) is 13.6. The molecular formula is C16H24O3S. The van der Waals surface area contributed by atoms with E-state index in [1.165, 1.54) is 19.3 Å². The van der Waals surface area contributed by atoms with Gasteiger partial charge in [-0.15, -0.1) is 0 Å². The number of Topliss-reactive ketones (excluding diaryl/α,β-unsaturated/α-hetero) is 1. The van der Waals surface area contributed by atoms with E-state index >= 15 is 0 Å². The van der Waals surface area contributed by atoms with Gasteiger partial charge in [0.25, 0.3) is 0 Å². The quantitative estimate of drug-likeness (QED) is 0.735. The Balaban J connectivity index is 1.53. The molecule has 0 amide bonds. The first-order valence-corrected chi connectivity index (χ1v) is 9.09. The Morgan fingerprint density at radius 1 is 1.20 bits per heavy atom. The second-order valence-electron chi connectivity index (χ2n) is 7.06. The lowest BCUT2D eigenvalue weighted by molar-refractivity contribution is -0.130. The number of carbonyl (C=O) groups is 1. The van der Waals surface area contributed by atoms with Crippen LogP contribution in [-0.2, 0) is 14.3 Å². The summed E-state index contributed by atoms with van der Waals surface area (Å²) in [5.41, 5.74) is 0. The summed E-state index contributed by atoms with van der Waals surface area (Å²) in [7, 11) is 0. The minimum atomic E-state index is 0.144. The summed E-state index contributed by atoms with van der Waals surface area (Å²) in [4.78, 5) is 12.9. The van der Waals surface area contributed by atoms with E-state index in [0.717, 1.165) is 12.8 Å². The second kappa shape index (κ2) is 4.99. The smallest absolute Gasteiger partial charge is 0.141 e. The number of rotatable bonds is 2. The maximum absolute atomic E-state index is 12.9. The maximum atomic E-state index is 12.9. The van der Waals surface area contributed by atoms with Gasteiger partial charge in [-0.3, -0.25) is 4.79 Å². The van der Waals surface area contributed by atoms with Crippen LogP contribution >= 0.6 is 11.8 Å². The molecule has 0 N–H and O–H groups in total. The first-order valence-electron chi connectivity index (χ1n) is 8.15. The fourth-order valence-corrected chi connectivity index (χ4v) is 6.42. The molecule has 7 atom stereocenters. The fraction of sp³-hybridized carbons (Fsp3) is 0.938. The molecule has 2 aliphatic heterocycles.